The van der Waals surface area contributed by atoms with Crippen LogP contribution in [0, 0.1) is 0 Å². The summed E-state index contributed by atoms with van der Waals surface area (Å²) < 4.78 is 0. The molecule has 1 aliphatic rings. The lowest BCUT2D eigenvalue weighted by Gasteiger charge is -2.40. The fourth-order valence-electron chi connectivity index (χ4n) is 3.36. The van der Waals surface area contributed by atoms with E-state index in [-0.39, 0.29) is 0 Å². The van der Waals surface area contributed by atoms with E-state index in [1.807, 2.05) is 0 Å². The lowest BCUT2D eigenvalue weighted by Crippen LogP contribution is -2.54. The van der Waals surface area contributed by atoms with Crippen LogP contribution in [-0.4, -0.2) is 30.1 Å². The standard InChI is InChI=1S/C18H24N2/c1-13-11-20(12-14(2)19-13)15(3)17-9-8-16-6-4-5-7-18(16)10-17/h4-10,13-15,19H,11-12H2,1-3H3. The summed E-state index contributed by atoms with van der Waals surface area (Å²) >= 11 is 0. The number of nitrogens with zero attached hydrogens (tertiary/aromatic N) is 1. The number of hydrogen-bond donors (Lipinski definition) is 1. The Balaban J connectivity index is 1.86. The molecule has 2 aromatic rings. The largest absolute Gasteiger partial charge is 0.309 e. The minimum Gasteiger partial charge on any atom is -0.309 e. The molecule has 3 atom stereocenters. The highest BCUT2D eigenvalue weighted by Gasteiger charge is 2.25. The first-order chi connectivity index (χ1) is 9.63. The molecule has 2 aromatic carbocycles. The predicted molar refractivity (Wildman–Crippen MR) is 86.0 cm³/mol. The Morgan fingerprint density at radius 2 is 1.65 bits per heavy atom. The maximum absolute atomic E-state index is 3.60. The van der Waals surface area contributed by atoms with Gasteiger partial charge in [0.25, 0.3) is 0 Å². The molecule has 3 unspecified atom stereocenters. The van der Waals surface area contributed by atoms with Crippen LogP contribution in [0.5, 0.6) is 0 Å². The van der Waals surface area contributed by atoms with E-state index in [2.05, 4.69) is 73.5 Å². The number of fused-ring (bicyclic) bond motifs is 1. The summed E-state index contributed by atoms with van der Waals surface area (Å²) in [4.78, 5) is 2.59. The number of rotatable bonds is 2. The van der Waals surface area contributed by atoms with Crippen LogP contribution in [0.2, 0.25) is 0 Å². The van der Waals surface area contributed by atoms with Crippen LogP contribution >= 0.6 is 0 Å². The summed E-state index contributed by atoms with van der Waals surface area (Å²) in [6, 6.07) is 17.1. The lowest BCUT2D eigenvalue weighted by atomic mass is 10.00. The van der Waals surface area contributed by atoms with Crippen molar-refractivity contribution in [3.63, 3.8) is 0 Å². The van der Waals surface area contributed by atoms with E-state index in [9.17, 15) is 0 Å². The summed E-state index contributed by atoms with van der Waals surface area (Å²) in [7, 11) is 0. The summed E-state index contributed by atoms with van der Waals surface area (Å²) in [6.45, 7) is 9.12. The van der Waals surface area contributed by atoms with Gasteiger partial charge in [0.2, 0.25) is 0 Å². The summed E-state index contributed by atoms with van der Waals surface area (Å²) in [5.74, 6) is 0. The fourth-order valence-corrected chi connectivity index (χ4v) is 3.36. The van der Waals surface area contributed by atoms with Crippen molar-refractivity contribution in [2.75, 3.05) is 13.1 Å². The molecule has 0 spiro atoms. The Hall–Kier alpha value is -1.38. The van der Waals surface area contributed by atoms with Crippen molar-refractivity contribution in [3.05, 3.63) is 48.0 Å². The lowest BCUT2D eigenvalue weighted by molar-refractivity contribution is 0.131. The molecule has 106 valence electrons. The average Bonchev–Trinajstić information content (AvgIpc) is 2.45. The molecular weight excluding hydrogens is 244 g/mol. The van der Waals surface area contributed by atoms with E-state index >= 15 is 0 Å². The first kappa shape index (κ1) is 13.6. The SMILES string of the molecule is CC1CN(C(C)c2ccc3ccccc3c2)CC(C)N1. The van der Waals surface area contributed by atoms with E-state index in [4.69, 9.17) is 0 Å². The molecular formula is C18H24N2. The van der Waals surface area contributed by atoms with Gasteiger partial charge in [-0.05, 0) is 43.2 Å². The highest BCUT2D eigenvalue weighted by molar-refractivity contribution is 5.83. The van der Waals surface area contributed by atoms with Gasteiger partial charge >= 0.3 is 0 Å². The zero-order chi connectivity index (χ0) is 14.1. The zero-order valence-electron chi connectivity index (χ0n) is 12.6. The second-order valence-electron chi connectivity index (χ2n) is 6.21. The molecule has 1 aliphatic heterocycles. The molecule has 0 saturated carbocycles. The summed E-state index contributed by atoms with van der Waals surface area (Å²) in [5.41, 5.74) is 1.42. The fraction of sp³-hybridized carbons (Fsp3) is 0.444. The molecule has 0 bridgehead atoms. The maximum atomic E-state index is 3.60. The Kier molecular flexibility index (Phi) is 3.77. The molecule has 2 nitrogen and oxygen atoms in total. The quantitative estimate of drug-likeness (QED) is 0.895. The van der Waals surface area contributed by atoms with E-state index in [1.165, 1.54) is 16.3 Å². The first-order valence-electron chi connectivity index (χ1n) is 7.62. The summed E-state index contributed by atoms with van der Waals surface area (Å²) in [5, 5.41) is 6.27. The molecule has 1 heterocycles. The predicted octanol–water partition coefficient (Wildman–Crippen LogP) is 3.58. The van der Waals surface area contributed by atoms with Gasteiger partial charge < -0.3 is 5.32 Å². The third-order valence-corrected chi connectivity index (χ3v) is 4.39. The molecule has 0 aromatic heterocycles. The molecule has 1 N–H and O–H groups in total. The van der Waals surface area contributed by atoms with E-state index < -0.39 is 0 Å². The van der Waals surface area contributed by atoms with E-state index in [1.54, 1.807) is 0 Å². The zero-order valence-corrected chi connectivity index (χ0v) is 12.6. The Morgan fingerprint density at radius 1 is 1.00 bits per heavy atom. The van der Waals surface area contributed by atoms with Crippen molar-refractivity contribution in [2.24, 2.45) is 0 Å². The number of piperazine rings is 1. The topological polar surface area (TPSA) is 15.3 Å². The number of benzene rings is 2. The smallest absolute Gasteiger partial charge is 0.0321 e. The van der Waals surface area contributed by atoms with Crippen molar-refractivity contribution < 1.29 is 0 Å². The third kappa shape index (κ3) is 2.72. The minimum absolute atomic E-state index is 0.478. The highest BCUT2D eigenvalue weighted by atomic mass is 15.2. The molecule has 3 rings (SSSR count). The molecule has 0 aliphatic carbocycles. The number of nitrogens with one attached hydrogen (secondary N) is 1. The van der Waals surface area contributed by atoms with Gasteiger partial charge in [-0.2, -0.15) is 0 Å². The molecule has 20 heavy (non-hydrogen) atoms. The van der Waals surface area contributed by atoms with E-state index in [0.717, 1.165) is 13.1 Å². The Labute approximate surface area is 121 Å². The van der Waals surface area contributed by atoms with Gasteiger partial charge in [0.05, 0.1) is 0 Å². The van der Waals surface area contributed by atoms with Gasteiger partial charge in [0.15, 0.2) is 0 Å². The van der Waals surface area contributed by atoms with Gasteiger partial charge in [-0.3, -0.25) is 4.90 Å². The molecule has 2 heteroatoms. The average molecular weight is 268 g/mol. The van der Waals surface area contributed by atoms with Crippen LogP contribution in [0.25, 0.3) is 10.8 Å². The highest BCUT2D eigenvalue weighted by Crippen LogP contribution is 2.25. The molecule has 1 fully saturated rings. The molecule has 1 saturated heterocycles. The van der Waals surface area contributed by atoms with Gasteiger partial charge in [-0.1, -0.05) is 36.4 Å². The van der Waals surface area contributed by atoms with Gasteiger partial charge in [0, 0.05) is 31.2 Å². The van der Waals surface area contributed by atoms with Crippen LogP contribution in [-0.2, 0) is 0 Å². The summed E-state index contributed by atoms with van der Waals surface area (Å²) in [6.07, 6.45) is 0. The Morgan fingerprint density at radius 3 is 2.35 bits per heavy atom. The monoisotopic (exact) mass is 268 g/mol. The van der Waals surface area contributed by atoms with Crippen molar-refractivity contribution >= 4 is 10.8 Å². The second-order valence-corrected chi connectivity index (χ2v) is 6.21. The maximum Gasteiger partial charge on any atom is 0.0321 e. The molecule has 0 radical (unpaired) electrons. The molecule has 0 amide bonds. The van der Waals surface area contributed by atoms with Crippen LogP contribution in [0.4, 0.5) is 0 Å². The number of hydrogen-bond acceptors (Lipinski definition) is 2. The minimum atomic E-state index is 0.478. The van der Waals surface area contributed by atoms with Crippen molar-refractivity contribution in [2.45, 2.75) is 38.9 Å². The Bertz CT molecular complexity index is 583. The van der Waals surface area contributed by atoms with Gasteiger partial charge in [-0.25, -0.2) is 0 Å². The van der Waals surface area contributed by atoms with Crippen molar-refractivity contribution in [1.29, 1.82) is 0 Å². The van der Waals surface area contributed by atoms with Crippen LogP contribution in [0.15, 0.2) is 42.5 Å². The van der Waals surface area contributed by atoms with Crippen molar-refractivity contribution in [1.82, 2.24) is 10.2 Å². The van der Waals surface area contributed by atoms with Crippen LogP contribution in [0.1, 0.15) is 32.4 Å². The first-order valence-corrected chi connectivity index (χ1v) is 7.62. The van der Waals surface area contributed by atoms with Crippen molar-refractivity contribution in [3.8, 4) is 0 Å². The van der Waals surface area contributed by atoms with Gasteiger partial charge in [-0.15, -0.1) is 0 Å². The second kappa shape index (κ2) is 5.55. The van der Waals surface area contributed by atoms with Crippen LogP contribution in [0.3, 0.4) is 0 Å². The normalized spacial score (nSPS) is 25.8. The van der Waals surface area contributed by atoms with E-state index in [0.29, 0.717) is 18.1 Å². The van der Waals surface area contributed by atoms with Crippen LogP contribution < -0.4 is 5.32 Å². The third-order valence-electron chi connectivity index (χ3n) is 4.39. The van der Waals surface area contributed by atoms with Gasteiger partial charge in [0.1, 0.15) is 0 Å².